The first-order chi connectivity index (χ1) is 9.60. The van der Waals surface area contributed by atoms with E-state index in [1.807, 2.05) is 0 Å². The number of carbonyl (C=O) groups is 1. The van der Waals surface area contributed by atoms with Crippen molar-refractivity contribution in [2.75, 3.05) is 19.0 Å². The summed E-state index contributed by atoms with van der Waals surface area (Å²) in [7, 11) is 1.63. The lowest BCUT2D eigenvalue weighted by molar-refractivity contribution is -0.119. The number of methoxy groups -OCH3 is 1. The molecule has 2 heterocycles. The number of nitrogens with zero attached hydrogens (tertiary/aromatic N) is 4. The monoisotopic (exact) mass is 315 g/mol. The quantitative estimate of drug-likeness (QED) is 0.878. The molecule has 2 aromatic rings. The molecule has 1 N–H and O–H groups in total. The fourth-order valence-corrected chi connectivity index (χ4v) is 2.32. The topological polar surface area (TPSA) is 81.9 Å². The van der Waals surface area contributed by atoms with Crippen molar-refractivity contribution < 1.29 is 9.53 Å². The van der Waals surface area contributed by atoms with Crippen LogP contribution in [0, 0.1) is 0 Å². The van der Waals surface area contributed by atoms with Gasteiger partial charge in [0.15, 0.2) is 0 Å². The number of nitrogens with one attached hydrogen (secondary N) is 1. The van der Waals surface area contributed by atoms with Crippen LogP contribution in [-0.2, 0) is 16.0 Å². The van der Waals surface area contributed by atoms with Crippen molar-refractivity contribution in [2.45, 2.75) is 19.4 Å². The standard InChI is InChI=1S/C11H14ClN5O2S/c1-7(17-6-8(12)5-13-17)10(18)14-11-16-15-9(20-11)3-4-19-2/h5-7H,3-4H2,1-2H3,(H,14,16,18). The van der Waals surface area contributed by atoms with Crippen LogP contribution < -0.4 is 5.32 Å². The second kappa shape index (κ2) is 6.78. The molecule has 108 valence electrons. The highest BCUT2D eigenvalue weighted by atomic mass is 35.5. The summed E-state index contributed by atoms with van der Waals surface area (Å²) in [5.74, 6) is -0.223. The lowest BCUT2D eigenvalue weighted by Crippen LogP contribution is -2.23. The molecule has 7 nitrogen and oxygen atoms in total. The van der Waals surface area contributed by atoms with Crippen LogP contribution in [0.15, 0.2) is 12.4 Å². The summed E-state index contributed by atoms with van der Waals surface area (Å²) >= 11 is 7.10. The Morgan fingerprint density at radius 1 is 1.60 bits per heavy atom. The zero-order valence-electron chi connectivity index (χ0n) is 11.0. The van der Waals surface area contributed by atoms with Crippen LogP contribution in [0.25, 0.3) is 0 Å². The molecule has 0 aromatic carbocycles. The molecule has 9 heteroatoms. The molecule has 0 aliphatic rings. The first-order valence-corrected chi connectivity index (χ1v) is 7.11. The van der Waals surface area contributed by atoms with E-state index >= 15 is 0 Å². The van der Waals surface area contributed by atoms with Crippen LogP contribution in [0.3, 0.4) is 0 Å². The fraction of sp³-hybridized carbons (Fsp3) is 0.455. The van der Waals surface area contributed by atoms with Crippen molar-refractivity contribution in [3.05, 3.63) is 22.4 Å². The minimum absolute atomic E-state index is 0.223. The molecular formula is C11H14ClN5O2S. The zero-order valence-corrected chi connectivity index (χ0v) is 12.6. The van der Waals surface area contributed by atoms with Crippen molar-refractivity contribution >= 4 is 34.0 Å². The first-order valence-electron chi connectivity index (χ1n) is 5.92. The van der Waals surface area contributed by atoms with Crippen molar-refractivity contribution in [3.63, 3.8) is 0 Å². The molecule has 2 aromatic heterocycles. The maximum atomic E-state index is 12.0. The molecule has 1 atom stereocenters. The van der Waals surface area contributed by atoms with E-state index in [1.54, 1.807) is 20.2 Å². The maximum Gasteiger partial charge on any atom is 0.250 e. The van der Waals surface area contributed by atoms with Gasteiger partial charge in [-0.1, -0.05) is 22.9 Å². The predicted molar refractivity (Wildman–Crippen MR) is 76.1 cm³/mol. The van der Waals surface area contributed by atoms with E-state index in [9.17, 15) is 4.79 Å². The predicted octanol–water partition coefficient (Wildman–Crippen LogP) is 1.78. The van der Waals surface area contributed by atoms with Gasteiger partial charge in [0.2, 0.25) is 5.13 Å². The fourth-order valence-electron chi connectivity index (χ4n) is 1.45. The normalized spacial score (nSPS) is 12.3. The van der Waals surface area contributed by atoms with Gasteiger partial charge < -0.3 is 4.74 Å². The number of carbonyl (C=O) groups excluding carboxylic acids is 1. The summed E-state index contributed by atoms with van der Waals surface area (Å²) in [6, 6.07) is -0.478. The van der Waals surface area contributed by atoms with Crippen LogP contribution in [0.1, 0.15) is 18.0 Å². The largest absolute Gasteiger partial charge is 0.384 e. The van der Waals surface area contributed by atoms with Gasteiger partial charge in [-0.2, -0.15) is 5.10 Å². The van der Waals surface area contributed by atoms with Gasteiger partial charge >= 0.3 is 0 Å². The third kappa shape index (κ3) is 3.75. The van der Waals surface area contributed by atoms with E-state index in [-0.39, 0.29) is 5.91 Å². The molecule has 0 fully saturated rings. The molecule has 0 saturated heterocycles. The average molecular weight is 316 g/mol. The van der Waals surface area contributed by atoms with Crippen LogP contribution in [-0.4, -0.2) is 39.6 Å². The van der Waals surface area contributed by atoms with E-state index in [1.165, 1.54) is 22.2 Å². The Balaban J connectivity index is 1.95. The number of amides is 1. The number of hydrogen-bond donors (Lipinski definition) is 1. The number of hydrogen-bond acceptors (Lipinski definition) is 6. The van der Waals surface area contributed by atoms with E-state index in [0.717, 1.165) is 5.01 Å². The molecule has 0 bridgehead atoms. The molecule has 1 amide bonds. The van der Waals surface area contributed by atoms with E-state index in [2.05, 4.69) is 20.6 Å². The highest BCUT2D eigenvalue weighted by molar-refractivity contribution is 7.15. The average Bonchev–Trinajstić information content (AvgIpc) is 3.04. The van der Waals surface area contributed by atoms with Crippen molar-refractivity contribution in [2.24, 2.45) is 0 Å². The Bertz CT molecular complexity index is 585. The second-order valence-corrected chi connectivity index (χ2v) is 5.55. The van der Waals surface area contributed by atoms with Gasteiger partial charge in [0.25, 0.3) is 5.91 Å². The Labute approximate surface area is 124 Å². The van der Waals surface area contributed by atoms with E-state index in [4.69, 9.17) is 16.3 Å². The number of rotatable bonds is 6. The van der Waals surface area contributed by atoms with Crippen molar-refractivity contribution in [1.82, 2.24) is 20.0 Å². The van der Waals surface area contributed by atoms with Crippen LogP contribution in [0.2, 0.25) is 5.02 Å². The summed E-state index contributed by atoms with van der Waals surface area (Å²) in [6.45, 7) is 2.30. The highest BCUT2D eigenvalue weighted by Crippen LogP contribution is 2.18. The Morgan fingerprint density at radius 2 is 2.40 bits per heavy atom. The Kier molecular flexibility index (Phi) is 5.05. The smallest absolute Gasteiger partial charge is 0.250 e. The number of aromatic nitrogens is 4. The molecule has 1 unspecified atom stereocenters. The summed E-state index contributed by atoms with van der Waals surface area (Å²) < 4.78 is 6.45. The van der Waals surface area contributed by atoms with Gasteiger partial charge in [0.05, 0.1) is 17.8 Å². The lowest BCUT2D eigenvalue weighted by atomic mass is 10.3. The molecule has 2 rings (SSSR count). The van der Waals surface area contributed by atoms with E-state index < -0.39 is 6.04 Å². The molecule has 0 radical (unpaired) electrons. The molecule has 0 aliphatic heterocycles. The van der Waals surface area contributed by atoms with Gasteiger partial charge in [0, 0.05) is 19.7 Å². The van der Waals surface area contributed by atoms with Crippen molar-refractivity contribution in [3.8, 4) is 0 Å². The maximum absolute atomic E-state index is 12.0. The third-order valence-electron chi connectivity index (χ3n) is 2.56. The first kappa shape index (κ1) is 14.9. The lowest BCUT2D eigenvalue weighted by Gasteiger charge is -2.10. The molecule has 0 aliphatic carbocycles. The molecular weight excluding hydrogens is 302 g/mol. The minimum Gasteiger partial charge on any atom is -0.384 e. The van der Waals surface area contributed by atoms with Crippen LogP contribution in [0.4, 0.5) is 5.13 Å². The SMILES string of the molecule is COCCc1nnc(NC(=O)C(C)n2cc(Cl)cn2)s1. The molecule has 0 spiro atoms. The number of ether oxygens (including phenoxy) is 1. The summed E-state index contributed by atoms with van der Waals surface area (Å²) in [5.41, 5.74) is 0. The van der Waals surface area contributed by atoms with Gasteiger partial charge in [-0.05, 0) is 6.92 Å². The summed E-state index contributed by atoms with van der Waals surface area (Å²) in [4.78, 5) is 12.0. The summed E-state index contributed by atoms with van der Waals surface area (Å²) in [5, 5.41) is 16.4. The van der Waals surface area contributed by atoms with Crippen LogP contribution >= 0.6 is 22.9 Å². The van der Waals surface area contributed by atoms with Gasteiger partial charge in [-0.25, -0.2) is 0 Å². The van der Waals surface area contributed by atoms with E-state index in [0.29, 0.717) is 23.2 Å². The second-order valence-electron chi connectivity index (χ2n) is 4.05. The Morgan fingerprint density at radius 3 is 3.05 bits per heavy atom. The highest BCUT2D eigenvalue weighted by Gasteiger charge is 2.17. The van der Waals surface area contributed by atoms with Crippen molar-refractivity contribution in [1.29, 1.82) is 0 Å². The third-order valence-corrected chi connectivity index (χ3v) is 3.66. The summed E-state index contributed by atoms with van der Waals surface area (Å²) in [6.07, 6.45) is 3.75. The molecule has 0 saturated carbocycles. The Hall–Kier alpha value is -1.51. The van der Waals surface area contributed by atoms with Gasteiger partial charge in [-0.3, -0.25) is 14.8 Å². The minimum atomic E-state index is -0.478. The zero-order chi connectivity index (χ0) is 14.5. The number of halogens is 1. The van der Waals surface area contributed by atoms with Gasteiger partial charge in [-0.15, -0.1) is 10.2 Å². The number of anilines is 1. The van der Waals surface area contributed by atoms with Gasteiger partial charge in [0.1, 0.15) is 11.0 Å². The van der Waals surface area contributed by atoms with Crippen LogP contribution in [0.5, 0.6) is 0 Å². The molecule has 20 heavy (non-hydrogen) atoms.